The molecule has 1 aliphatic heterocycles. The number of piperazine rings is 1. The fraction of sp³-hybridized carbons (Fsp3) is 0.321. The van der Waals surface area contributed by atoms with Gasteiger partial charge in [0.15, 0.2) is 0 Å². The van der Waals surface area contributed by atoms with Gasteiger partial charge >= 0.3 is 0 Å². The van der Waals surface area contributed by atoms with Crippen molar-refractivity contribution >= 4 is 40.7 Å². The Morgan fingerprint density at radius 2 is 1.76 bits per heavy atom. The van der Waals surface area contributed by atoms with E-state index in [0.717, 1.165) is 64.5 Å². The van der Waals surface area contributed by atoms with Crippen molar-refractivity contribution < 1.29 is 9.53 Å². The van der Waals surface area contributed by atoms with Gasteiger partial charge in [0.1, 0.15) is 10.8 Å². The number of hydrogen-bond acceptors (Lipinski definition) is 8. The van der Waals surface area contributed by atoms with E-state index in [4.69, 9.17) is 9.72 Å². The number of benzene rings is 2. The molecule has 4 rings (SSSR count). The Hall–Kier alpha value is -3.56. The molecule has 196 valence electrons. The monoisotopic (exact) mass is 520 g/mol. The number of rotatable bonds is 8. The predicted molar refractivity (Wildman–Crippen MR) is 153 cm³/mol. The zero-order valence-corrected chi connectivity index (χ0v) is 23.1. The van der Waals surface area contributed by atoms with E-state index in [-0.39, 0.29) is 5.91 Å². The number of anilines is 4. The molecule has 0 atom stereocenters. The summed E-state index contributed by atoms with van der Waals surface area (Å²) in [5.74, 6) is 1.10. The van der Waals surface area contributed by atoms with Crippen LogP contribution >= 0.6 is 11.8 Å². The molecule has 0 spiro atoms. The highest BCUT2D eigenvalue weighted by Crippen LogP contribution is 2.34. The van der Waals surface area contributed by atoms with Gasteiger partial charge in [-0.2, -0.15) is 0 Å². The van der Waals surface area contributed by atoms with E-state index in [2.05, 4.69) is 45.1 Å². The van der Waals surface area contributed by atoms with Gasteiger partial charge in [-0.1, -0.05) is 32.2 Å². The number of hydrogen-bond donors (Lipinski definition) is 2. The van der Waals surface area contributed by atoms with Gasteiger partial charge in [0, 0.05) is 60.3 Å². The Morgan fingerprint density at radius 3 is 2.41 bits per heavy atom. The first-order valence-electron chi connectivity index (χ1n) is 12.4. The third-order valence-electron chi connectivity index (χ3n) is 5.73. The number of ether oxygens (including phenoxy) is 1. The van der Waals surface area contributed by atoms with Crippen LogP contribution in [0.5, 0.6) is 5.75 Å². The summed E-state index contributed by atoms with van der Waals surface area (Å²) in [5.41, 5.74) is 3.66. The largest absolute Gasteiger partial charge is 0.495 e. The van der Waals surface area contributed by atoms with Crippen molar-refractivity contribution in [1.29, 1.82) is 0 Å². The Bertz CT molecular complexity index is 1190. The smallest absolute Gasteiger partial charge is 0.247 e. The molecule has 0 unspecified atom stereocenters. The summed E-state index contributed by atoms with van der Waals surface area (Å²) in [4.78, 5) is 26.3. The summed E-state index contributed by atoms with van der Waals surface area (Å²) in [6.07, 6.45) is 3.06. The molecule has 1 saturated heterocycles. The summed E-state index contributed by atoms with van der Waals surface area (Å²) < 4.78 is 5.69. The number of likely N-dealkylation sites (N-methyl/N-ethyl adjacent to an activating group) is 1. The molecule has 37 heavy (non-hydrogen) atoms. The summed E-state index contributed by atoms with van der Waals surface area (Å²) >= 11 is 1.54. The van der Waals surface area contributed by atoms with Crippen molar-refractivity contribution in [1.82, 2.24) is 14.9 Å². The standard InChI is InChI=1S/C26H30N6O2S.C2H6/c1-5-24(33)28-19-6-9-21(10-7-19)35-25-18(2)17-27-26(30-25)29-20-8-11-22(23(16-20)34-4)32-14-12-31(3)13-15-32;1-2/h5-11,16-17H,1,12-15H2,2-4H3,(H,28,33)(H,27,29,30);1-2H3. The van der Waals surface area contributed by atoms with E-state index in [1.807, 2.05) is 63.4 Å². The molecule has 2 aromatic carbocycles. The first-order valence-corrected chi connectivity index (χ1v) is 13.2. The molecule has 0 bridgehead atoms. The zero-order chi connectivity index (χ0) is 26.8. The summed E-state index contributed by atoms with van der Waals surface area (Å²) in [6.45, 7) is 13.5. The number of amides is 1. The molecule has 1 amide bonds. The van der Waals surface area contributed by atoms with Crippen molar-refractivity contribution in [3.63, 3.8) is 0 Å². The van der Waals surface area contributed by atoms with Crippen LogP contribution in [0.25, 0.3) is 0 Å². The Kier molecular flexibility index (Phi) is 10.3. The fourth-order valence-corrected chi connectivity index (χ4v) is 4.54. The van der Waals surface area contributed by atoms with E-state index < -0.39 is 0 Å². The second-order valence-electron chi connectivity index (χ2n) is 8.30. The van der Waals surface area contributed by atoms with Crippen LogP contribution in [0.1, 0.15) is 19.4 Å². The van der Waals surface area contributed by atoms with E-state index >= 15 is 0 Å². The Labute approximate surface area is 224 Å². The number of methoxy groups -OCH3 is 1. The Balaban J connectivity index is 0.00000186. The first-order chi connectivity index (χ1) is 17.9. The van der Waals surface area contributed by atoms with Crippen molar-refractivity contribution in [2.75, 3.05) is 55.9 Å². The first kappa shape index (κ1) is 28.0. The highest BCUT2D eigenvalue weighted by atomic mass is 32.2. The topological polar surface area (TPSA) is 82.6 Å². The van der Waals surface area contributed by atoms with Crippen LogP contribution in [0.15, 0.2) is 71.2 Å². The Morgan fingerprint density at radius 1 is 1.08 bits per heavy atom. The van der Waals surface area contributed by atoms with Gasteiger partial charge in [0.05, 0.1) is 12.8 Å². The minimum absolute atomic E-state index is 0.235. The van der Waals surface area contributed by atoms with Crippen LogP contribution in [-0.2, 0) is 4.79 Å². The predicted octanol–water partition coefficient (Wildman–Crippen LogP) is 5.59. The molecule has 0 radical (unpaired) electrons. The maximum absolute atomic E-state index is 11.5. The van der Waals surface area contributed by atoms with Crippen molar-refractivity contribution in [2.24, 2.45) is 0 Å². The van der Waals surface area contributed by atoms with E-state index in [0.29, 0.717) is 5.95 Å². The maximum atomic E-state index is 11.5. The van der Waals surface area contributed by atoms with Crippen LogP contribution < -0.4 is 20.3 Å². The molecule has 3 aromatic rings. The maximum Gasteiger partial charge on any atom is 0.247 e. The van der Waals surface area contributed by atoms with Crippen LogP contribution in [-0.4, -0.2) is 61.1 Å². The third kappa shape index (κ3) is 7.71. The van der Waals surface area contributed by atoms with Gasteiger partial charge in [-0.25, -0.2) is 9.97 Å². The van der Waals surface area contributed by atoms with Crippen molar-refractivity contribution in [2.45, 2.75) is 30.7 Å². The second-order valence-corrected chi connectivity index (χ2v) is 9.37. The number of aromatic nitrogens is 2. The van der Waals surface area contributed by atoms with Gasteiger partial charge in [-0.3, -0.25) is 4.79 Å². The van der Waals surface area contributed by atoms with E-state index in [1.54, 1.807) is 18.9 Å². The van der Waals surface area contributed by atoms with Gasteiger partial charge < -0.3 is 25.2 Å². The molecule has 9 heteroatoms. The lowest BCUT2D eigenvalue weighted by Crippen LogP contribution is -2.44. The molecule has 8 nitrogen and oxygen atoms in total. The molecule has 2 N–H and O–H groups in total. The van der Waals surface area contributed by atoms with Crippen LogP contribution in [0.2, 0.25) is 0 Å². The SMILES string of the molecule is C=CC(=O)Nc1ccc(Sc2nc(Nc3ccc(N4CCN(C)CC4)c(OC)c3)ncc2C)cc1.CC. The van der Waals surface area contributed by atoms with Crippen molar-refractivity contribution in [3.05, 3.63) is 66.9 Å². The fourth-order valence-electron chi connectivity index (χ4n) is 3.69. The van der Waals surface area contributed by atoms with Crippen molar-refractivity contribution in [3.8, 4) is 5.75 Å². The minimum Gasteiger partial charge on any atom is -0.495 e. The van der Waals surface area contributed by atoms with E-state index in [1.165, 1.54) is 6.08 Å². The third-order valence-corrected chi connectivity index (χ3v) is 6.84. The highest BCUT2D eigenvalue weighted by molar-refractivity contribution is 7.99. The molecular formula is C28H36N6O2S. The number of nitrogens with one attached hydrogen (secondary N) is 2. The summed E-state index contributed by atoms with van der Waals surface area (Å²) in [6, 6.07) is 13.7. The lowest BCUT2D eigenvalue weighted by Gasteiger charge is -2.34. The lowest BCUT2D eigenvalue weighted by atomic mass is 10.2. The summed E-state index contributed by atoms with van der Waals surface area (Å²) in [5, 5.41) is 6.91. The molecular weight excluding hydrogens is 484 g/mol. The van der Waals surface area contributed by atoms with Crippen LogP contribution in [0.4, 0.5) is 23.0 Å². The average Bonchev–Trinajstić information content (AvgIpc) is 2.93. The zero-order valence-electron chi connectivity index (χ0n) is 22.2. The van der Waals surface area contributed by atoms with Gasteiger partial charge in [-0.05, 0) is 56.4 Å². The second kappa shape index (κ2) is 13.7. The number of aryl methyl sites for hydroxylation is 1. The quantitative estimate of drug-likeness (QED) is 0.294. The normalized spacial score (nSPS) is 13.3. The number of carbonyl (C=O) groups is 1. The number of carbonyl (C=O) groups excluding carboxylic acids is 1. The average molecular weight is 521 g/mol. The highest BCUT2D eigenvalue weighted by Gasteiger charge is 2.18. The molecule has 1 aromatic heterocycles. The molecule has 1 aliphatic rings. The number of nitrogens with zero attached hydrogens (tertiary/aromatic N) is 4. The molecule has 0 saturated carbocycles. The molecule has 2 heterocycles. The van der Waals surface area contributed by atoms with Crippen LogP contribution in [0.3, 0.4) is 0 Å². The summed E-state index contributed by atoms with van der Waals surface area (Å²) in [7, 11) is 3.85. The van der Waals surface area contributed by atoms with E-state index in [9.17, 15) is 4.79 Å². The van der Waals surface area contributed by atoms with Crippen LogP contribution in [0, 0.1) is 6.92 Å². The minimum atomic E-state index is -0.235. The van der Waals surface area contributed by atoms with Gasteiger partial charge in [-0.15, -0.1) is 0 Å². The molecule has 0 aliphatic carbocycles. The lowest BCUT2D eigenvalue weighted by molar-refractivity contribution is -0.111. The molecule has 1 fully saturated rings. The van der Waals surface area contributed by atoms with Gasteiger partial charge in [0.2, 0.25) is 11.9 Å². The van der Waals surface area contributed by atoms with Gasteiger partial charge in [0.25, 0.3) is 0 Å².